The lowest BCUT2D eigenvalue weighted by molar-refractivity contribution is -0.0455. The molecule has 1 atom stereocenters. The Kier molecular flexibility index (Phi) is 4.66. The van der Waals surface area contributed by atoms with Gasteiger partial charge in [-0.1, -0.05) is 6.07 Å². The fourth-order valence-electron chi connectivity index (χ4n) is 6.07. The molecule has 2 aliphatic heterocycles. The normalized spacial score (nSPS) is 21.2. The van der Waals surface area contributed by atoms with Crippen LogP contribution in [0.4, 0.5) is 10.6 Å². The lowest BCUT2D eigenvalue weighted by atomic mass is 9.72. The Balaban J connectivity index is 1.15. The molecule has 8 heteroatoms. The molecule has 3 aromatic rings. The van der Waals surface area contributed by atoms with Crippen molar-refractivity contribution in [2.24, 2.45) is 5.41 Å². The standard InChI is InChI=1S/C26H32N6O2/c1-16-5-8-20-19(10-29-30-20)22(16)17-6-7-18-21(9-17)27-15-28-23(18)31-11-26(12-31)13-32(14-26)24(33)34-25(2,3)4/h5,8,10,15,17H,6-7,9,11-14H2,1-4H3,(H,29,30). The topological polar surface area (TPSA) is 87.2 Å². The molecule has 34 heavy (non-hydrogen) atoms. The lowest BCUT2D eigenvalue weighted by Gasteiger charge is -2.60. The van der Waals surface area contributed by atoms with Crippen molar-refractivity contribution < 1.29 is 9.53 Å². The molecular formula is C26H32N6O2. The van der Waals surface area contributed by atoms with E-state index in [1.54, 1.807) is 6.33 Å². The van der Waals surface area contributed by atoms with Gasteiger partial charge in [-0.05, 0) is 70.1 Å². The summed E-state index contributed by atoms with van der Waals surface area (Å²) in [7, 11) is 0. The SMILES string of the molecule is Cc1ccc2[nH]ncc2c1C1CCc2c(ncnc2N2CC3(CN(C(=O)OC(C)(C)C)C3)C2)C1. The predicted octanol–water partition coefficient (Wildman–Crippen LogP) is 3.99. The van der Waals surface area contributed by atoms with Crippen molar-refractivity contribution in [1.29, 1.82) is 0 Å². The summed E-state index contributed by atoms with van der Waals surface area (Å²) in [5.41, 5.74) is 6.02. The monoisotopic (exact) mass is 460 g/mol. The molecule has 6 rings (SSSR count). The summed E-state index contributed by atoms with van der Waals surface area (Å²) >= 11 is 0. The first-order valence-electron chi connectivity index (χ1n) is 12.2. The molecule has 8 nitrogen and oxygen atoms in total. The van der Waals surface area contributed by atoms with Crippen molar-refractivity contribution in [3.63, 3.8) is 0 Å². The smallest absolute Gasteiger partial charge is 0.410 e. The van der Waals surface area contributed by atoms with E-state index in [0.717, 1.165) is 56.8 Å². The second kappa shape index (κ2) is 7.42. The van der Waals surface area contributed by atoms with E-state index in [1.807, 2.05) is 31.9 Å². The van der Waals surface area contributed by atoms with E-state index in [1.165, 1.54) is 27.8 Å². The zero-order valence-corrected chi connectivity index (χ0v) is 20.4. The minimum atomic E-state index is -0.453. The van der Waals surface area contributed by atoms with E-state index in [-0.39, 0.29) is 11.5 Å². The van der Waals surface area contributed by atoms with Crippen LogP contribution in [0.25, 0.3) is 10.9 Å². The lowest BCUT2D eigenvalue weighted by Crippen LogP contribution is -2.73. The van der Waals surface area contributed by atoms with Gasteiger partial charge < -0.3 is 14.5 Å². The van der Waals surface area contributed by atoms with Gasteiger partial charge in [0, 0.05) is 48.2 Å². The van der Waals surface area contributed by atoms with Gasteiger partial charge in [0.15, 0.2) is 0 Å². The Labute approximate surface area is 199 Å². The zero-order valence-electron chi connectivity index (χ0n) is 20.4. The van der Waals surface area contributed by atoms with Gasteiger partial charge in [0.25, 0.3) is 0 Å². The van der Waals surface area contributed by atoms with Crippen LogP contribution in [0.5, 0.6) is 0 Å². The molecule has 1 aliphatic carbocycles. The Morgan fingerprint density at radius 1 is 1.18 bits per heavy atom. The van der Waals surface area contributed by atoms with E-state index >= 15 is 0 Å². The largest absolute Gasteiger partial charge is 0.444 e. The quantitative estimate of drug-likeness (QED) is 0.622. The number of nitrogens with zero attached hydrogens (tertiary/aromatic N) is 5. The second-order valence-electron chi connectivity index (χ2n) is 11.4. The molecule has 1 unspecified atom stereocenters. The summed E-state index contributed by atoms with van der Waals surface area (Å²) in [6.45, 7) is 11.3. The van der Waals surface area contributed by atoms with Crippen LogP contribution >= 0.6 is 0 Å². The van der Waals surface area contributed by atoms with Gasteiger partial charge in [-0.3, -0.25) is 5.10 Å². The van der Waals surface area contributed by atoms with Crippen molar-refractivity contribution in [2.45, 2.75) is 58.5 Å². The molecule has 178 valence electrons. The molecule has 0 saturated carbocycles. The number of ether oxygens (including phenoxy) is 1. The summed E-state index contributed by atoms with van der Waals surface area (Å²) in [5.74, 6) is 1.52. The Morgan fingerprint density at radius 2 is 1.97 bits per heavy atom. The van der Waals surface area contributed by atoms with Gasteiger partial charge in [0.1, 0.15) is 17.7 Å². The van der Waals surface area contributed by atoms with Crippen LogP contribution in [0, 0.1) is 12.3 Å². The third-order valence-corrected chi connectivity index (χ3v) is 7.54. The van der Waals surface area contributed by atoms with Crippen LogP contribution in [-0.2, 0) is 17.6 Å². The summed E-state index contributed by atoms with van der Waals surface area (Å²) in [5, 5.41) is 8.61. The first-order chi connectivity index (χ1) is 16.2. The van der Waals surface area contributed by atoms with E-state index in [9.17, 15) is 4.79 Å². The number of fused-ring (bicyclic) bond motifs is 2. The Morgan fingerprint density at radius 3 is 2.74 bits per heavy atom. The molecule has 4 heterocycles. The van der Waals surface area contributed by atoms with E-state index < -0.39 is 5.60 Å². The molecular weight excluding hydrogens is 428 g/mol. The number of aromatic amines is 1. The average Bonchev–Trinajstić information content (AvgIpc) is 3.18. The van der Waals surface area contributed by atoms with E-state index in [2.05, 4.69) is 34.2 Å². The number of hydrogen-bond acceptors (Lipinski definition) is 6. The maximum absolute atomic E-state index is 12.3. The number of nitrogens with one attached hydrogen (secondary N) is 1. The number of rotatable bonds is 2. The minimum absolute atomic E-state index is 0.181. The van der Waals surface area contributed by atoms with E-state index in [0.29, 0.717) is 5.92 Å². The van der Waals surface area contributed by atoms with Crippen LogP contribution < -0.4 is 4.90 Å². The number of hydrogen-bond donors (Lipinski definition) is 1. The summed E-state index contributed by atoms with van der Waals surface area (Å²) < 4.78 is 5.51. The van der Waals surface area contributed by atoms with Crippen LogP contribution in [0.2, 0.25) is 0 Å². The van der Waals surface area contributed by atoms with E-state index in [4.69, 9.17) is 14.7 Å². The molecule has 2 fully saturated rings. The number of amides is 1. The first-order valence-corrected chi connectivity index (χ1v) is 12.2. The van der Waals surface area contributed by atoms with Crippen LogP contribution in [0.3, 0.4) is 0 Å². The number of carbonyl (C=O) groups excluding carboxylic acids is 1. The summed E-state index contributed by atoms with van der Waals surface area (Å²) in [6, 6.07) is 4.30. The summed E-state index contributed by atoms with van der Waals surface area (Å²) in [6.07, 6.45) is 6.48. The summed E-state index contributed by atoms with van der Waals surface area (Å²) in [4.78, 5) is 25.9. The molecule has 2 saturated heterocycles. The fourth-order valence-corrected chi connectivity index (χ4v) is 6.07. The number of aryl methyl sites for hydroxylation is 1. The minimum Gasteiger partial charge on any atom is -0.444 e. The van der Waals surface area contributed by atoms with Crippen molar-refractivity contribution in [1.82, 2.24) is 25.1 Å². The average molecular weight is 461 g/mol. The molecule has 1 N–H and O–H groups in total. The van der Waals surface area contributed by atoms with Gasteiger partial charge in [-0.15, -0.1) is 0 Å². The van der Waals surface area contributed by atoms with Gasteiger partial charge in [-0.2, -0.15) is 5.10 Å². The molecule has 2 aromatic heterocycles. The van der Waals surface area contributed by atoms with Gasteiger partial charge in [0.2, 0.25) is 0 Å². The molecule has 1 spiro atoms. The molecule has 1 aromatic carbocycles. The highest BCUT2D eigenvalue weighted by Crippen LogP contribution is 2.45. The maximum atomic E-state index is 12.3. The van der Waals surface area contributed by atoms with Crippen molar-refractivity contribution in [2.75, 3.05) is 31.1 Å². The Bertz CT molecular complexity index is 1260. The number of carbonyl (C=O) groups is 1. The molecule has 0 bridgehead atoms. The van der Waals surface area contributed by atoms with Gasteiger partial charge >= 0.3 is 6.09 Å². The highest BCUT2D eigenvalue weighted by atomic mass is 16.6. The molecule has 3 aliphatic rings. The molecule has 0 radical (unpaired) electrons. The highest BCUT2D eigenvalue weighted by Gasteiger charge is 2.54. The fraction of sp³-hybridized carbons (Fsp3) is 0.538. The number of H-pyrrole nitrogens is 1. The van der Waals surface area contributed by atoms with Crippen molar-refractivity contribution in [3.05, 3.63) is 47.0 Å². The number of benzene rings is 1. The highest BCUT2D eigenvalue weighted by molar-refractivity contribution is 5.83. The van der Waals surface area contributed by atoms with Crippen molar-refractivity contribution >= 4 is 22.8 Å². The number of aromatic nitrogens is 4. The van der Waals surface area contributed by atoms with Gasteiger partial charge in [0.05, 0.1) is 11.7 Å². The van der Waals surface area contributed by atoms with Crippen LogP contribution in [-0.4, -0.2) is 62.9 Å². The number of anilines is 1. The third-order valence-electron chi connectivity index (χ3n) is 7.54. The maximum Gasteiger partial charge on any atom is 0.410 e. The van der Waals surface area contributed by atoms with Gasteiger partial charge in [-0.25, -0.2) is 14.8 Å². The van der Waals surface area contributed by atoms with Crippen LogP contribution in [0.15, 0.2) is 24.7 Å². The van der Waals surface area contributed by atoms with Crippen LogP contribution in [0.1, 0.15) is 55.5 Å². The second-order valence-corrected chi connectivity index (χ2v) is 11.4. The van der Waals surface area contributed by atoms with Crippen molar-refractivity contribution in [3.8, 4) is 0 Å². The predicted molar refractivity (Wildman–Crippen MR) is 130 cm³/mol. The number of likely N-dealkylation sites (tertiary alicyclic amines) is 1. The molecule has 1 amide bonds. The Hall–Kier alpha value is -3.16. The third kappa shape index (κ3) is 3.51. The zero-order chi connectivity index (χ0) is 23.7. The first kappa shape index (κ1) is 21.4.